The van der Waals surface area contributed by atoms with Crippen LogP contribution >= 0.6 is 0 Å². The van der Waals surface area contributed by atoms with Gasteiger partial charge in [0.05, 0.1) is 11.3 Å². The molecule has 0 saturated carbocycles. The lowest BCUT2D eigenvalue weighted by atomic mass is 10.1. The highest BCUT2D eigenvalue weighted by Crippen LogP contribution is 2.13. The second-order valence-corrected chi connectivity index (χ2v) is 7.54. The highest BCUT2D eigenvalue weighted by molar-refractivity contribution is 7.88. The predicted octanol–water partition coefficient (Wildman–Crippen LogP) is 2.09. The van der Waals surface area contributed by atoms with Gasteiger partial charge in [-0.3, -0.25) is 4.98 Å². The van der Waals surface area contributed by atoms with E-state index in [1.165, 1.54) is 0 Å². The van der Waals surface area contributed by atoms with Crippen molar-refractivity contribution in [3.8, 4) is 0 Å². The van der Waals surface area contributed by atoms with E-state index in [0.29, 0.717) is 24.1 Å². The van der Waals surface area contributed by atoms with E-state index in [2.05, 4.69) is 9.71 Å². The average molecular weight is 346 g/mol. The molecule has 0 bridgehead atoms. The number of hydrogen-bond donors (Lipinski definition) is 2. The van der Waals surface area contributed by atoms with Gasteiger partial charge in [-0.25, -0.2) is 17.9 Å². The fourth-order valence-corrected chi connectivity index (χ4v) is 3.71. The van der Waals surface area contributed by atoms with Crippen molar-refractivity contribution in [1.29, 1.82) is 0 Å². The van der Waals surface area contributed by atoms with Crippen LogP contribution in [0.2, 0.25) is 0 Å². The van der Waals surface area contributed by atoms with Crippen LogP contribution in [0.1, 0.15) is 16.7 Å². The van der Waals surface area contributed by atoms with E-state index in [1.807, 2.05) is 31.2 Å². The van der Waals surface area contributed by atoms with E-state index in [4.69, 9.17) is 4.42 Å². The zero-order valence-electron chi connectivity index (χ0n) is 13.2. The van der Waals surface area contributed by atoms with Crippen LogP contribution in [-0.4, -0.2) is 19.9 Å². The van der Waals surface area contributed by atoms with E-state index in [0.717, 1.165) is 16.7 Å². The molecule has 2 aromatic carbocycles. The van der Waals surface area contributed by atoms with E-state index in [9.17, 15) is 13.2 Å². The van der Waals surface area contributed by atoms with E-state index in [-0.39, 0.29) is 5.75 Å². The first-order chi connectivity index (χ1) is 11.4. The van der Waals surface area contributed by atoms with Crippen molar-refractivity contribution in [2.45, 2.75) is 19.1 Å². The molecule has 0 fully saturated rings. The molecule has 2 N–H and O–H groups in total. The third-order valence-corrected chi connectivity index (χ3v) is 5.02. The molecule has 0 spiro atoms. The minimum atomic E-state index is -3.39. The van der Waals surface area contributed by atoms with Crippen LogP contribution < -0.4 is 10.5 Å². The molecule has 0 aliphatic rings. The van der Waals surface area contributed by atoms with E-state index < -0.39 is 15.8 Å². The van der Waals surface area contributed by atoms with Gasteiger partial charge >= 0.3 is 5.76 Å². The average Bonchev–Trinajstić information content (AvgIpc) is 2.86. The largest absolute Gasteiger partial charge is 0.417 e. The highest BCUT2D eigenvalue weighted by atomic mass is 32.2. The Bertz CT molecular complexity index is 1020. The molecular formula is C17H18N2O4S. The lowest BCUT2D eigenvalue weighted by Crippen LogP contribution is -2.27. The summed E-state index contributed by atoms with van der Waals surface area (Å²) < 4.78 is 31.8. The van der Waals surface area contributed by atoms with Crippen LogP contribution in [0.5, 0.6) is 0 Å². The number of H-pyrrole nitrogens is 1. The Morgan fingerprint density at radius 1 is 1.12 bits per heavy atom. The van der Waals surface area contributed by atoms with Crippen molar-refractivity contribution in [1.82, 2.24) is 9.71 Å². The number of benzene rings is 2. The van der Waals surface area contributed by atoms with Crippen molar-refractivity contribution in [2.75, 3.05) is 6.54 Å². The van der Waals surface area contributed by atoms with Crippen LogP contribution in [0.15, 0.2) is 51.7 Å². The van der Waals surface area contributed by atoms with Gasteiger partial charge in [-0.1, -0.05) is 35.9 Å². The number of hydrogen-bond acceptors (Lipinski definition) is 4. The number of fused-ring (bicyclic) bond motifs is 1. The standard InChI is InChI=1S/C17H18N2O4S/c1-12-3-2-4-14(9-12)11-24(21,22)18-8-7-13-5-6-16-15(10-13)19-17(20)23-16/h2-6,9-10,18H,7-8,11H2,1H3,(H,19,20). The summed E-state index contributed by atoms with van der Waals surface area (Å²) in [6.45, 7) is 2.22. The number of sulfonamides is 1. The van der Waals surface area contributed by atoms with Gasteiger partial charge in [0.15, 0.2) is 5.58 Å². The van der Waals surface area contributed by atoms with Crippen LogP contribution in [0.25, 0.3) is 11.1 Å². The van der Waals surface area contributed by atoms with Crippen molar-refractivity contribution in [3.05, 3.63) is 69.7 Å². The van der Waals surface area contributed by atoms with Gasteiger partial charge in [-0.2, -0.15) is 0 Å². The van der Waals surface area contributed by atoms with E-state index in [1.54, 1.807) is 18.2 Å². The maximum atomic E-state index is 12.1. The first-order valence-electron chi connectivity index (χ1n) is 7.56. The Morgan fingerprint density at radius 3 is 2.75 bits per heavy atom. The molecule has 6 nitrogen and oxygen atoms in total. The minimum Gasteiger partial charge on any atom is -0.408 e. The summed E-state index contributed by atoms with van der Waals surface area (Å²) in [5, 5.41) is 0. The zero-order chi connectivity index (χ0) is 17.2. The Balaban J connectivity index is 1.60. The first kappa shape index (κ1) is 16.5. The summed E-state index contributed by atoms with van der Waals surface area (Å²) in [5.74, 6) is -0.538. The van der Waals surface area contributed by atoms with Crippen molar-refractivity contribution < 1.29 is 12.8 Å². The Hall–Kier alpha value is -2.38. The molecule has 0 aliphatic carbocycles. The number of aryl methyl sites for hydroxylation is 1. The van der Waals surface area contributed by atoms with Crippen LogP contribution in [0.4, 0.5) is 0 Å². The van der Waals surface area contributed by atoms with Gasteiger partial charge in [-0.15, -0.1) is 0 Å². The van der Waals surface area contributed by atoms with Gasteiger partial charge < -0.3 is 4.42 Å². The lowest BCUT2D eigenvalue weighted by Gasteiger charge is -2.07. The lowest BCUT2D eigenvalue weighted by molar-refractivity contribution is 0.555. The third-order valence-electron chi connectivity index (χ3n) is 3.66. The molecule has 0 saturated heterocycles. The van der Waals surface area contributed by atoms with Crippen molar-refractivity contribution >= 4 is 21.1 Å². The molecule has 0 amide bonds. The Labute approximate surface area is 139 Å². The molecule has 3 aromatic rings. The quantitative estimate of drug-likeness (QED) is 0.715. The normalized spacial score (nSPS) is 11.9. The summed E-state index contributed by atoms with van der Waals surface area (Å²) in [5.41, 5.74) is 3.81. The highest BCUT2D eigenvalue weighted by Gasteiger charge is 2.11. The van der Waals surface area contributed by atoms with E-state index >= 15 is 0 Å². The van der Waals surface area contributed by atoms with Gasteiger partial charge in [0, 0.05) is 6.54 Å². The molecule has 3 rings (SSSR count). The predicted molar refractivity (Wildman–Crippen MR) is 92.3 cm³/mol. The number of nitrogens with one attached hydrogen (secondary N) is 2. The zero-order valence-corrected chi connectivity index (χ0v) is 14.0. The SMILES string of the molecule is Cc1cccc(CS(=O)(=O)NCCc2ccc3oc(=O)[nH]c3c2)c1. The topological polar surface area (TPSA) is 92.2 Å². The third kappa shape index (κ3) is 4.12. The molecule has 0 atom stereocenters. The van der Waals surface area contributed by atoms with Gasteiger partial charge in [-0.05, 0) is 36.6 Å². The molecule has 7 heteroatoms. The maximum absolute atomic E-state index is 12.1. The van der Waals surface area contributed by atoms with Crippen LogP contribution in [0, 0.1) is 6.92 Å². The van der Waals surface area contributed by atoms with Crippen LogP contribution in [-0.2, 0) is 22.2 Å². The summed E-state index contributed by atoms with van der Waals surface area (Å²) in [6.07, 6.45) is 0.524. The molecule has 1 aromatic heterocycles. The summed E-state index contributed by atoms with van der Waals surface area (Å²) >= 11 is 0. The smallest absolute Gasteiger partial charge is 0.408 e. The molecule has 1 heterocycles. The second-order valence-electron chi connectivity index (χ2n) is 5.74. The summed E-state index contributed by atoms with van der Waals surface area (Å²) in [4.78, 5) is 13.7. The molecule has 0 aliphatic heterocycles. The Kier molecular flexibility index (Phi) is 4.55. The number of aromatic amines is 1. The second kappa shape index (κ2) is 6.62. The number of oxazole rings is 1. The molecule has 0 radical (unpaired) electrons. The van der Waals surface area contributed by atoms with Crippen molar-refractivity contribution in [2.24, 2.45) is 0 Å². The first-order valence-corrected chi connectivity index (χ1v) is 9.21. The minimum absolute atomic E-state index is 0.0389. The fraction of sp³-hybridized carbons (Fsp3) is 0.235. The number of rotatable bonds is 6. The molecule has 126 valence electrons. The summed E-state index contributed by atoms with van der Waals surface area (Å²) in [7, 11) is -3.39. The monoisotopic (exact) mass is 346 g/mol. The van der Waals surface area contributed by atoms with Gasteiger partial charge in [0.1, 0.15) is 0 Å². The van der Waals surface area contributed by atoms with Crippen LogP contribution in [0.3, 0.4) is 0 Å². The Morgan fingerprint density at radius 2 is 1.96 bits per heavy atom. The maximum Gasteiger partial charge on any atom is 0.417 e. The molecule has 24 heavy (non-hydrogen) atoms. The molecular weight excluding hydrogens is 328 g/mol. The summed E-state index contributed by atoms with van der Waals surface area (Å²) in [6, 6.07) is 12.7. The van der Waals surface area contributed by atoms with Gasteiger partial charge in [0.25, 0.3) is 0 Å². The fourth-order valence-electron chi connectivity index (χ4n) is 2.58. The number of aromatic nitrogens is 1. The van der Waals surface area contributed by atoms with Gasteiger partial charge in [0.2, 0.25) is 10.0 Å². The molecule has 0 unspecified atom stereocenters. The van der Waals surface area contributed by atoms with Crippen molar-refractivity contribution in [3.63, 3.8) is 0 Å².